The number of ether oxygens (including phenoxy) is 1. The second-order valence-corrected chi connectivity index (χ2v) is 8.24. The van der Waals surface area contributed by atoms with Crippen LogP contribution < -0.4 is 0 Å². The van der Waals surface area contributed by atoms with Gasteiger partial charge in [-0.15, -0.1) is 0 Å². The van der Waals surface area contributed by atoms with Gasteiger partial charge in [0.1, 0.15) is 6.21 Å². The lowest BCUT2D eigenvalue weighted by atomic mass is 9.79. The van der Waals surface area contributed by atoms with E-state index in [1.54, 1.807) is 0 Å². The smallest absolute Gasteiger partial charge is 0.417 e. The van der Waals surface area contributed by atoms with Crippen molar-refractivity contribution >= 4 is 12.2 Å². The van der Waals surface area contributed by atoms with Crippen LogP contribution in [0.5, 0.6) is 0 Å². The summed E-state index contributed by atoms with van der Waals surface area (Å²) in [7, 11) is 1.10. The van der Waals surface area contributed by atoms with Crippen molar-refractivity contribution < 1.29 is 27.2 Å². The van der Waals surface area contributed by atoms with Gasteiger partial charge in [0.25, 0.3) is 5.89 Å². The Labute approximate surface area is 183 Å². The number of hydrazone groups is 1. The Morgan fingerprint density at radius 1 is 1.38 bits per heavy atom. The van der Waals surface area contributed by atoms with Gasteiger partial charge in [0.05, 0.1) is 18.2 Å². The zero-order chi connectivity index (χ0) is 23.5. The molecule has 1 heterocycles. The van der Waals surface area contributed by atoms with E-state index in [0.29, 0.717) is 12.6 Å². The van der Waals surface area contributed by atoms with Gasteiger partial charge < -0.3 is 9.26 Å². The van der Waals surface area contributed by atoms with E-state index in [-0.39, 0.29) is 28.3 Å². The number of esters is 1. The maximum Gasteiger partial charge on any atom is 0.417 e. The first-order valence-electron chi connectivity index (χ1n) is 10.2. The first-order chi connectivity index (χ1) is 15.0. The molecule has 0 N–H and O–H groups in total. The quantitative estimate of drug-likeness (QED) is 0.338. The molecular weight excluding hydrogens is 425 g/mol. The maximum atomic E-state index is 13.6. The zero-order valence-corrected chi connectivity index (χ0v) is 18.4. The number of alkyl halides is 3. The molecule has 10 heteroatoms. The molecule has 0 saturated carbocycles. The van der Waals surface area contributed by atoms with Gasteiger partial charge in [-0.25, -0.2) is 4.79 Å². The fourth-order valence-corrected chi connectivity index (χ4v) is 3.57. The molecule has 0 atom stereocenters. The Bertz CT molecular complexity index is 1040. The van der Waals surface area contributed by atoms with Crippen molar-refractivity contribution in [2.24, 2.45) is 10.5 Å². The van der Waals surface area contributed by atoms with E-state index in [1.807, 2.05) is 11.9 Å². The summed E-state index contributed by atoms with van der Waals surface area (Å²) in [5.41, 5.74) is -0.338. The molecule has 1 aromatic heterocycles. The summed E-state index contributed by atoms with van der Waals surface area (Å²) in [4.78, 5) is 15.7. The number of benzene rings is 1. The standard InChI is InChI=1S/C22H25F3N4O3/c1-5-29(15-7-6-10-21(2,3)12-15)26-13-18-27-19(28-32-18)16-9-8-14(20(30)31-4)11-17(16)22(23,24)25/h7-9,11,13H,5-6,10,12H2,1-4H3/b26-13+. The first-order valence-corrected chi connectivity index (χ1v) is 10.2. The number of halogens is 3. The molecule has 0 amide bonds. The fourth-order valence-electron chi connectivity index (χ4n) is 3.57. The lowest BCUT2D eigenvalue weighted by Gasteiger charge is -2.33. The molecule has 1 aromatic carbocycles. The number of carbonyl (C=O) groups is 1. The Morgan fingerprint density at radius 3 is 2.75 bits per heavy atom. The summed E-state index contributed by atoms with van der Waals surface area (Å²) >= 11 is 0. The molecule has 0 aliphatic heterocycles. The van der Waals surface area contributed by atoms with Crippen LogP contribution in [0.4, 0.5) is 13.2 Å². The van der Waals surface area contributed by atoms with Gasteiger partial charge in [-0.3, -0.25) is 5.01 Å². The van der Waals surface area contributed by atoms with E-state index in [9.17, 15) is 18.0 Å². The highest BCUT2D eigenvalue weighted by Crippen LogP contribution is 2.37. The van der Waals surface area contributed by atoms with Crippen molar-refractivity contribution in [3.63, 3.8) is 0 Å². The van der Waals surface area contributed by atoms with E-state index in [4.69, 9.17) is 4.52 Å². The molecule has 7 nitrogen and oxygen atoms in total. The number of nitrogens with zero attached hydrogens (tertiary/aromatic N) is 4. The molecular formula is C22H25F3N4O3. The van der Waals surface area contributed by atoms with Gasteiger partial charge in [-0.05, 0) is 49.8 Å². The van der Waals surface area contributed by atoms with Crippen LogP contribution >= 0.6 is 0 Å². The Balaban J connectivity index is 1.87. The van der Waals surface area contributed by atoms with Crippen molar-refractivity contribution in [3.8, 4) is 11.4 Å². The van der Waals surface area contributed by atoms with E-state index >= 15 is 0 Å². The second kappa shape index (κ2) is 9.13. The average Bonchev–Trinajstić information content (AvgIpc) is 3.21. The van der Waals surface area contributed by atoms with E-state index < -0.39 is 17.7 Å². The molecule has 32 heavy (non-hydrogen) atoms. The lowest BCUT2D eigenvalue weighted by molar-refractivity contribution is -0.137. The first kappa shape index (κ1) is 23.5. The van der Waals surface area contributed by atoms with Gasteiger partial charge >= 0.3 is 12.1 Å². The van der Waals surface area contributed by atoms with Crippen LogP contribution in [0.1, 0.15) is 61.8 Å². The van der Waals surface area contributed by atoms with Crippen molar-refractivity contribution in [1.29, 1.82) is 0 Å². The van der Waals surface area contributed by atoms with Gasteiger partial charge in [-0.1, -0.05) is 25.1 Å². The minimum atomic E-state index is -4.73. The van der Waals surface area contributed by atoms with Gasteiger partial charge in [0.15, 0.2) is 0 Å². The number of hydrogen-bond donors (Lipinski definition) is 0. The van der Waals surface area contributed by atoms with E-state index in [2.05, 4.69) is 39.9 Å². The minimum absolute atomic E-state index is 0.0284. The van der Waals surface area contributed by atoms with Crippen LogP contribution in [0.25, 0.3) is 11.4 Å². The predicted octanol–water partition coefficient (Wildman–Crippen LogP) is 5.29. The van der Waals surface area contributed by atoms with Gasteiger partial charge in [0, 0.05) is 17.8 Å². The molecule has 0 fully saturated rings. The largest absolute Gasteiger partial charge is 0.465 e. The molecule has 1 aliphatic carbocycles. The third-order valence-corrected chi connectivity index (χ3v) is 5.23. The average molecular weight is 450 g/mol. The number of hydrogen-bond acceptors (Lipinski definition) is 7. The topological polar surface area (TPSA) is 80.8 Å². The maximum absolute atomic E-state index is 13.6. The summed E-state index contributed by atoms with van der Waals surface area (Å²) in [5, 5.41) is 9.87. The second-order valence-electron chi connectivity index (χ2n) is 8.24. The van der Waals surface area contributed by atoms with Crippen molar-refractivity contribution in [2.75, 3.05) is 13.7 Å². The van der Waals surface area contributed by atoms with Crippen LogP contribution in [0.3, 0.4) is 0 Å². The van der Waals surface area contributed by atoms with Crippen LogP contribution in [-0.2, 0) is 10.9 Å². The zero-order valence-electron chi connectivity index (χ0n) is 18.4. The summed E-state index contributed by atoms with van der Waals surface area (Å²) in [6, 6.07) is 3.05. The molecule has 3 rings (SSSR count). The molecule has 172 valence electrons. The van der Waals surface area contributed by atoms with Crippen LogP contribution in [0.2, 0.25) is 0 Å². The molecule has 0 bridgehead atoms. The molecule has 0 spiro atoms. The Kier molecular flexibility index (Phi) is 6.71. The van der Waals surface area contributed by atoms with Gasteiger partial charge in [0.2, 0.25) is 5.82 Å². The number of allylic oxidation sites excluding steroid dienone is 2. The predicted molar refractivity (Wildman–Crippen MR) is 112 cm³/mol. The van der Waals surface area contributed by atoms with Crippen molar-refractivity contribution in [1.82, 2.24) is 15.1 Å². The van der Waals surface area contributed by atoms with Crippen LogP contribution in [0.15, 0.2) is 39.6 Å². The number of aromatic nitrogens is 2. The van der Waals surface area contributed by atoms with Crippen LogP contribution in [-0.4, -0.2) is 41.0 Å². The third-order valence-electron chi connectivity index (χ3n) is 5.23. The molecule has 1 aliphatic rings. The van der Waals surface area contributed by atoms with Crippen molar-refractivity contribution in [3.05, 3.63) is 47.0 Å². The summed E-state index contributed by atoms with van der Waals surface area (Å²) in [6.07, 6.45) is 1.67. The number of carbonyl (C=O) groups excluding carboxylic acids is 1. The SMILES string of the molecule is CCN(/N=C/c1nc(-c2ccc(C(=O)OC)cc2C(F)(F)F)no1)C1=CCCC(C)(C)C1. The highest BCUT2D eigenvalue weighted by atomic mass is 19.4. The summed E-state index contributed by atoms with van der Waals surface area (Å²) in [6.45, 7) is 6.97. The van der Waals surface area contributed by atoms with Crippen molar-refractivity contribution in [2.45, 2.75) is 46.2 Å². The Hall–Kier alpha value is -3.17. The van der Waals surface area contributed by atoms with E-state index in [1.165, 1.54) is 12.3 Å². The monoisotopic (exact) mass is 450 g/mol. The highest BCUT2D eigenvalue weighted by Gasteiger charge is 2.36. The van der Waals surface area contributed by atoms with Crippen LogP contribution in [0, 0.1) is 5.41 Å². The summed E-state index contributed by atoms with van der Waals surface area (Å²) < 4.78 is 50.3. The lowest BCUT2D eigenvalue weighted by Crippen LogP contribution is -2.25. The molecule has 0 radical (unpaired) electrons. The Morgan fingerprint density at radius 2 is 2.12 bits per heavy atom. The third kappa shape index (κ3) is 5.35. The fraction of sp³-hybridized carbons (Fsp3) is 0.455. The number of rotatable bonds is 6. The number of methoxy groups -OCH3 is 1. The summed E-state index contributed by atoms with van der Waals surface area (Å²) in [5.74, 6) is -1.15. The highest BCUT2D eigenvalue weighted by molar-refractivity contribution is 5.90. The normalized spacial score (nSPS) is 16.2. The van der Waals surface area contributed by atoms with E-state index in [0.717, 1.165) is 38.1 Å². The van der Waals surface area contributed by atoms with Gasteiger partial charge in [-0.2, -0.15) is 23.3 Å². The molecule has 0 saturated heterocycles. The minimum Gasteiger partial charge on any atom is -0.465 e. The molecule has 0 unspecified atom stereocenters. The molecule has 2 aromatic rings.